The number of halogens is 2. The van der Waals surface area contributed by atoms with Crippen LogP contribution >= 0.6 is 11.6 Å². The van der Waals surface area contributed by atoms with E-state index in [1.54, 1.807) is 12.1 Å². The lowest BCUT2D eigenvalue weighted by Gasteiger charge is -2.37. The molecular formula is C22H30ClFO2. The van der Waals surface area contributed by atoms with Crippen molar-refractivity contribution in [1.29, 1.82) is 0 Å². The number of hydrogen-bond donors (Lipinski definition) is 0. The third-order valence-electron chi connectivity index (χ3n) is 6.85. The Kier molecular flexibility index (Phi) is 5.75. The highest BCUT2D eigenvalue weighted by Gasteiger charge is 2.31. The van der Waals surface area contributed by atoms with Crippen molar-refractivity contribution < 1.29 is 13.9 Å². The highest BCUT2D eigenvalue weighted by Crippen LogP contribution is 2.42. The maximum Gasteiger partial charge on any atom is 0.151 e. The minimum atomic E-state index is -0.387. The molecule has 4 heteroatoms. The summed E-state index contributed by atoms with van der Waals surface area (Å²) in [5.41, 5.74) is 0.546. The van der Waals surface area contributed by atoms with Crippen LogP contribution in [0, 0.1) is 29.5 Å². The van der Waals surface area contributed by atoms with E-state index in [4.69, 9.17) is 21.1 Å². The van der Waals surface area contributed by atoms with E-state index >= 15 is 0 Å². The van der Waals surface area contributed by atoms with Crippen molar-refractivity contribution in [3.63, 3.8) is 0 Å². The van der Waals surface area contributed by atoms with Gasteiger partial charge in [0.25, 0.3) is 0 Å². The predicted molar refractivity (Wildman–Crippen MR) is 102 cm³/mol. The molecule has 26 heavy (non-hydrogen) atoms. The Morgan fingerprint density at radius 1 is 1.04 bits per heavy atom. The normalized spacial score (nSPS) is 34.5. The first-order chi connectivity index (χ1) is 12.6. The molecule has 0 N–H and O–H groups in total. The highest BCUT2D eigenvalue weighted by atomic mass is 35.5. The van der Waals surface area contributed by atoms with Crippen LogP contribution in [-0.4, -0.2) is 13.2 Å². The van der Waals surface area contributed by atoms with Gasteiger partial charge in [0.15, 0.2) is 5.82 Å². The average Bonchev–Trinajstić information content (AvgIpc) is 3.49. The number of benzene rings is 1. The largest absolute Gasteiger partial charge is 0.492 e. The maximum absolute atomic E-state index is 14.3. The number of epoxide rings is 1. The molecule has 2 aliphatic carbocycles. The Bertz CT molecular complexity index is 615. The van der Waals surface area contributed by atoms with Gasteiger partial charge in [-0.1, -0.05) is 31.4 Å². The van der Waals surface area contributed by atoms with Crippen molar-refractivity contribution in [3.8, 4) is 5.75 Å². The molecule has 1 aliphatic heterocycles. The second kappa shape index (κ2) is 8.06. The van der Waals surface area contributed by atoms with Crippen molar-refractivity contribution in [2.75, 3.05) is 13.2 Å². The number of ether oxygens (including phenoxy) is 2. The lowest BCUT2D eigenvalue weighted by atomic mass is 9.69. The SMILES string of the molecule is CC1CCC(C2CCC(COc3ccc(C4CO4)c(F)c3Cl)CC2)CC1. The Hall–Kier alpha value is -0.800. The van der Waals surface area contributed by atoms with Crippen LogP contribution in [0.2, 0.25) is 5.02 Å². The zero-order chi connectivity index (χ0) is 18.1. The molecule has 3 fully saturated rings. The molecule has 4 rings (SSSR count). The molecule has 1 atom stereocenters. The molecule has 2 nitrogen and oxygen atoms in total. The van der Waals surface area contributed by atoms with Gasteiger partial charge in [-0.15, -0.1) is 0 Å². The van der Waals surface area contributed by atoms with Gasteiger partial charge in [0.1, 0.15) is 16.9 Å². The summed E-state index contributed by atoms with van der Waals surface area (Å²) < 4.78 is 25.4. The Balaban J connectivity index is 1.25. The topological polar surface area (TPSA) is 21.8 Å². The lowest BCUT2D eigenvalue weighted by Crippen LogP contribution is -2.27. The second-order valence-electron chi connectivity index (χ2n) is 8.71. The minimum Gasteiger partial charge on any atom is -0.492 e. The van der Waals surface area contributed by atoms with Crippen LogP contribution in [0.25, 0.3) is 0 Å². The lowest BCUT2D eigenvalue weighted by molar-refractivity contribution is 0.126. The fourth-order valence-electron chi connectivity index (χ4n) is 4.93. The number of hydrogen-bond acceptors (Lipinski definition) is 2. The van der Waals surface area contributed by atoms with Gasteiger partial charge >= 0.3 is 0 Å². The van der Waals surface area contributed by atoms with Crippen LogP contribution in [-0.2, 0) is 4.74 Å². The summed E-state index contributed by atoms with van der Waals surface area (Å²) in [4.78, 5) is 0. The molecule has 1 heterocycles. The molecule has 0 amide bonds. The maximum atomic E-state index is 14.3. The first-order valence-corrected chi connectivity index (χ1v) is 10.7. The molecule has 0 bridgehead atoms. The summed E-state index contributed by atoms with van der Waals surface area (Å²) >= 11 is 6.17. The molecule has 1 aromatic carbocycles. The van der Waals surface area contributed by atoms with E-state index in [1.807, 2.05) is 0 Å². The smallest absolute Gasteiger partial charge is 0.151 e. The Morgan fingerprint density at radius 3 is 2.27 bits per heavy atom. The summed E-state index contributed by atoms with van der Waals surface area (Å²) in [5.74, 6) is 3.45. The van der Waals surface area contributed by atoms with Crippen LogP contribution in [0.3, 0.4) is 0 Å². The molecule has 0 spiro atoms. The third-order valence-corrected chi connectivity index (χ3v) is 7.20. The van der Waals surface area contributed by atoms with Gasteiger partial charge in [-0.3, -0.25) is 0 Å². The van der Waals surface area contributed by atoms with Crippen molar-refractivity contribution in [2.45, 2.75) is 64.4 Å². The van der Waals surface area contributed by atoms with Gasteiger partial charge < -0.3 is 9.47 Å². The van der Waals surface area contributed by atoms with E-state index in [9.17, 15) is 4.39 Å². The molecule has 1 saturated heterocycles. The molecule has 1 unspecified atom stereocenters. The van der Waals surface area contributed by atoms with E-state index in [2.05, 4.69) is 6.92 Å². The van der Waals surface area contributed by atoms with Crippen molar-refractivity contribution >= 4 is 11.6 Å². The van der Waals surface area contributed by atoms with Gasteiger partial charge in [-0.25, -0.2) is 4.39 Å². The van der Waals surface area contributed by atoms with E-state index < -0.39 is 0 Å². The molecule has 1 aromatic rings. The summed E-state index contributed by atoms with van der Waals surface area (Å²) in [6.07, 6.45) is 10.7. The molecule has 2 saturated carbocycles. The molecular weight excluding hydrogens is 351 g/mol. The fraction of sp³-hybridized carbons (Fsp3) is 0.727. The highest BCUT2D eigenvalue weighted by molar-refractivity contribution is 6.32. The number of rotatable bonds is 5. The molecule has 3 aliphatic rings. The Morgan fingerprint density at radius 2 is 1.65 bits per heavy atom. The van der Waals surface area contributed by atoms with Gasteiger partial charge in [-0.2, -0.15) is 0 Å². The van der Waals surface area contributed by atoms with Crippen LogP contribution in [0.15, 0.2) is 12.1 Å². The minimum absolute atomic E-state index is 0.100. The van der Waals surface area contributed by atoms with Gasteiger partial charge in [0.2, 0.25) is 0 Å². The second-order valence-corrected chi connectivity index (χ2v) is 9.09. The van der Waals surface area contributed by atoms with Crippen molar-refractivity contribution in [2.24, 2.45) is 23.7 Å². The fourth-order valence-corrected chi connectivity index (χ4v) is 5.15. The summed E-state index contributed by atoms with van der Waals surface area (Å²) in [6.45, 7) is 3.62. The molecule has 0 aromatic heterocycles. The zero-order valence-corrected chi connectivity index (χ0v) is 16.4. The molecule has 0 radical (unpaired) electrons. The predicted octanol–water partition coefficient (Wildman–Crippen LogP) is 6.56. The van der Waals surface area contributed by atoms with Crippen LogP contribution in [0.5, 0.6) is 5.75 Å². The monoisotopic (exact) mass is 380 g/mol. The van der Waals surface area contributed by atoms with Crippen LogP contribution < -0.4 is 4.74 Å². The Labute approximate surface area is 161 Å². The van der Waals surface area contributed by atoms with E-state index in [0.29, 0.717) is 30.4 Å². The summed E-state index contributed by atoms with van der Waals surface area (Å²) in [6, 6.07) is 3.53. The first-order valence-electron chi connectivity index (χ1n) is 10.3. The van der Waals surface area contributed by atoms with Gasteiger partial charge in [0, 0.05) is 5.56 Å². The van der Waals surface area contributed by atoms with Crippen LogP contribution in [0.1, 0.15) is 70.0 Å². The van der Waals surface area contributed by atoms with Gasteiger partial charge in [0.05, 0.1) is 13.2 Å². The van der Waals surface area contributed by atoms with E-state index in [-0.39, 0.29) is 16.9 Å². The average molecular weight is 381 g/mol. The first kappa shape index (κ1) is 18.6. The van der Waals surface area contributed by atoms with Crippen LogP contribution in [0.4, 0.5) is 4.39 Å². The van der Waals surface area contributed by atoms with E-state index in [0.717, 1.165) is 17.8 Å². The zero-order valence-electron chi connectivity index (χ0n) is 15.7. The van der Waals surface area contributed by atoms with Crippen molar-refractivity contribution in [3.05, 3.63) is 28.5 Å². The summed E-state index contributed by atoms with van der Waals surface area (Å²) in [7, 11) is 0. The van der Waals surface area contributed by atoms with Gasteiger partial charge in [-0.05, 0) is 74.3 Å². The summed E-state index contributed by atoms with van der Waals surface area (Å²) in [5, 5.41) is 0.100. The molecule has 144 valence electrons. The van der Waals surface area contributed by atoms with Crippen molar-refractivity contribution in [1.82, 2.24) is 0 Å². The van der Waals surface area contributed by atoms with E-state index in [1.165, 1.54) is 51.4 Å². The standard InChI is InChI=1S/C22H30ClFO2/c1-14-2-6-16(7-3-14)17-8-4-15(5-9-17)12-25-19-11-10-18(20-13-26-20)22(24)21(19)23/h10-11,14-17,20H,2-9,12-13H2,1H3. The third kappa shape index (κ3) is 4.20. The quantitative estimate of drug-likeness (QED) is 0.539.